The van der Waals surface area contributed by atoms with Gasteiger partial charge in [0.1, 0.15) is 6.54 Å². The van der Waals surface area contributed by atoms with Crippen molar-refractivity contribution >= 4 is 23.4 Å². The van der Waals surface area contributed by atoms with Gasteiger partial charge in [-0.15, -0.1) is 0 Å². The number of hydrogen-bond donors (Lipinski definition) is 4. The number of carbonyl (C=O) groups is 2. The van der Waals surface area contributed by atoms with Gasteiger partial charge in [0.05, 0.1) is 18.5 Å². The van der Waals surface area contributed by atoms with Crippen LogP contribution < -0.4 is 16.2 Å². The van der Waals surface area contributed by atoms with E-state index in [0.29, 0.717) is 11.4 Å². The van der Waals surface area contributed by atoms with Crippen LogP contribution in [-0.2, 0) is 9.53 Å². The first-order valence-corrected chi connectivity index (χ1v) is 4.78. The normalized spacial score (nSPS) is 9.47. The summed E-state index contributed by atoms with van der Waals surface area (Å²) in [6, 6.07) is 6.81. The number of amides is 1. The fourth-order valence-electron chi connectivity index (χ4n) is 1.08. The summed E-state index contributed by atoms with van der Waals surface area (Å²) >= 11 is 0. The molecule has 0 aliphatic rings. The lowest BCUT2D eigenvalue weighted by molar-refractivity contribution is -0.135. The van der Waals surface area contributed by atoms with Gasteiger partial charge in [0.2, 0.25) is 0 Å². The van der Waals surface area contributed by atoms with Crippen LogP contribution in [-0.4, -0.2) is 30.8 Å². The molecule has 0 aromatic heterocycles. The first-order valence-electron chi connectivity index (χ1n) is 4.78. The van der Waals surface area contributed by atoms with Crippen molar-refractivity contribution in [1.82, 2.24) is 5.43 Å². The highest BCUT2D eigenvalue weighted by atomic mass is 16.5. The van der Waals surface area contributed by atoms with E-state index in [-0.39, 0.29) is 6.54 Å². The Bertz CT molecular complexity index is 408. The van der Waals surface area contributed by atoms with Gasteiger partial charge in [-0.3, -0.25) is 10.1 Å². The molecule has 0 spiro atoms. The molecule has 0 bridgehead atoms. The Hall–Kier alpha value is -2.28. The van der Waals surface area contributed by atoms with Gasteiger partial charge in [0.25, 0.3) is 0 Å². The molecular weight excluding hydrogens is 226 g/mol. The number of para-hydroxylation sites is 2. The molecule has 0 saturated carbocycles. The average Bonchev–Trinajstić information content (AvgIpc) is 2.30. The van der Waals surface area contributed by atoms with Gasteiger partial charge < -0.3 is 15.3 Å². The summed E-state index contributed by atoms with van der Waals surface area (Å²) in [5, 5.41) is 10.9. The van der Waals surface area contributed by atoms with E-state index in [4.69, 9.17) is 5.11 Å². The van der Waals surface area contributed by atoms with E-state index in [2.05, 4.69) is 20.9 Å². The zero-order valence-electron chi connectivity index (χ0n) is 9.19. The zero-order chi connectivity index (χ0) is 12.7. The topological polar surface area (TPSA) is 99.7 Å². The number of benzene rings is 1. The largest absolute Gasteiger partial charge is 0.480 e. The number of hydrogen-bond acceptors (Lipinski definition) is 5. The number of carbonyl (C=O) groups excluding carboxylic acids is 1. The number of carboxylic acid groups (broad SMARTS) is 1. The van der Waals surface area contributed by atoms with E-state index in [0.717, 1.165) is 0 Å². The molecule has 0 radical (unpaired) electrons. The molecule has 92 valence electrons. The van der Waals surface area contributed by atoms with Crippen molar-refractivity contribution in [1.29, 1.82) is 0 Å². The van der Waals surface area contributed by atoms with Crippen molar-refractivity contribution in [3.05, 3.63) is 24.3 Å². The molecule has 1 aromatic carbocycles. The van der Waals surface area contributed by atoms with E-state index >= 15 is 0 Å². The molecule has 7 heteroatoms. The number of nitrogens with one attached hydrogen (secondary N) is 3. The van der Waals surface area contributed by atoms with E-state index < -0.39 is 12.1 Å². The Labute approximate surface area is 97.7 Å². The van der Waals surface area contributed by atoms with E-state index in [1.807, 2.05) is 0 Å². The Morgan fingerprint density at radius 2 is 1.94 bits per heavy atom. The summed E-state index contributed by atoms with van der Waals surface area (Å²) in [5.41, 5.74) is 6.19. The summed E-state index contributed by atoms with van der Waals surface area (Å²) in [5.74, 6) is -0.990. The van der Waals surface area contributed by atoms with Crippen LogP contribution >= 0.6 is 0 Å². The van der Waals surface area contributed by atoms with Gasteiger partial charge in [0.15, 0.2) is 0 Å². The smallest absolute Gasteiger partial charge is 0.411 e. The summed E-state index contributed by atoms with van der Waals surface area (Å²) in [4.78, 5) is 21.3. The van der Waals surface area contributed by atoms with Gasteiger partial charge in [-0.1, -0.05) is 12.1 Å². The lowest BCUT2D eigenvalue weighted by Crippen LogP contribution is -2.28. The monoisotopic (exact) mass is 239 g/mol. The zero-order valence-corrected chi connectivity index (χ0v) is 9.19. The van der Waals surface area contributed by atoms with Crippen LogP contribution in [0, 0.1) is 0 Å². The minimum Gasteiger partial charge on any atom is -0.480 e. The van der Waals surface area contributed by atoms with Crippen LogP contribution in [0.15, 0.2) is 24.3 Å². The van der Waals surface area contributed by atoms with Gasteiger partial charge in [0, 0.05) is 0 Å². The molecule has 4 N–H and O–H groups in total. The Balaban J connectivity index is 2.64. The third-order valence-electron chi connectivity index (χ3n) is 1.81. The van der Waals surface area contributed by atoms with Crippen LogP contribution in [0.2, 0.25) is 0 Å². The molecule has 1 rings (SSSR count). The maximum atomic E-state index is 11.0. The van der Waals surface area contributed by atoms with Gasteiger partial charge in [-0.2, -0.15) is 0 Å². The number of anilines is 2. The van der Waals surface area contributed by atoms with Crippen molar-refractivity contribution in [2.75, 3.05) is 24.4 Å². The highest BCUT2D eigenvalue weighted by Crippen LogP contribution is 2.19. The van der Waals surface area contributed by atoms with Crippen molar-refractivity contribution in [3.63, 3.8) is 0 Å². The lowest BCUT2D eigenvalue weighted by Gasteiger charge is -2.12. The van der Waals surface area contributed by atoms with Crippen LogP contribution in [0.4, 0.5) is 16.2 Å². The van der Waals surface area contributed by atoms with Crippen LogP contribution in [0.3, 0.4) is 0 Å². The highest BCUT2D eigenvalue weighted by molar-refractivity contribution is 5.89. The molecule has 0 fully saturated rings. The molecule has 0 aliphatic heterocycles. The summed E-state index contributed by atoms with van der Waals surface area (Å²) in [6.07, 6.45) is -0.600. The molecular formula is C10H13N3O4. The standard InChI is InChI=1S/C10H13N3O4/c1-17-10(16)12-7-4-2-3-5-8(7)13-11-6-9(14)15/h2-5,11,13H,6H2,1H3,(H,12,16)(H,14,15). The number of ether oxygens (including phenoxy) is 1. The van der Waals surface area contributed by atoms with Crippen LogP contribution in [0.5, 0.6) is 0 Å². The second-order valence-corrected chi connectivity index (χ2v) is 3.03. The molecule has 0 unspecified atom stereocenters. The molecule has 0 saturated heterocycles. The van der Waals surface area contributed by atoms with E-state index in [1.54, 1.807) is 24.3 Å². The first-order chi connectivity index (χ1) is 8.13. The van der Waals surface area contributed by atoms with Crippen molar-refractivity contribution in [2.24, 2.45) is 0 Å². The van der Waals surface area contributed by atoms with Crippen molar-refractivity contribution < 1.29 is 19.4 Å². The Morgan fingerprint density at radius 3 is 2.53 bits per heavy atom. The third kappa shape index (κ3) is 4.39. The maximum absolute atomic E-state index is 11.0. The minimum atomic E-state index is -0.990. The lowest BCUT2D eigenvalue weighted by atomic mass is 10.3. The van der Waals surface area contributed by atoms with Gasteiger partial charge in [-0.05, 0) is 12.1 Å². The fraction of sp³-hybridized carbons (Fsp3) is 0.200. The number of methoxy groups -OCH3 is 1. The second-order valence-electron chi connectivity index (χ2n) is 3.03. The average molecular weight is 239 g/mol. The molecule has 17 heavy (non-hydrogen) atoms. The predicted octanol–water partition coefficient (Wildman–Crippen LogP) is 0.866. The number of carboxylic acids is 1. The molecule has 0 aliphatic carbocycles. The second kappa shape index (κ2) is 6.33. The van der Waals surface area contributed by atoms with E-state index in [1.165, 1.54) is 7.11 Å². The maximum Gasteiger partial charge on any atom is 0.411 e. The number of aliphatic carboxylic acids is 1. The summed E-state index contributed by atoms with van der Waals surface area (Å²) in [6.45, 7) is -0.243. The van der Waals surface area contributed by atoms with Crippen LogP contribution in [0.1, 0.15) is 0 Å². The molecule has 1 amide bonds. The molecule has 0 atom stereocenters. The number of rotatable bonds is 5. The van der Waals surface area contributed by atoms with Gasteiger partial charge in [-0.25, -0.2) is 10.2 Å². The SMILES string of the molecule is COC(=O)Nc1ccccc1NNCC(=O)O. The van der Waals surface area contributed by atoms with E-state index in [9.17, 15) is 9.59 Å². The quantitative estimate of drug-likeness (QED) is 0.569. The number of hydrazine groups is 1. The van der Waals surface area contributed by atoms with Crippen molar-refractivity contribution in [2.45, 2.75) is 0 Å². The summed E-state index contributed by atoms with van der Waals surface area (Å²) < 4.78 is 4.46. The third-order valence-corrected chi connectivity index (χ3v) is 1.81. The van der Waals surface area contributed by atoms with Crippen LogP contribution in [0.25, 0.3) is 0 Å². The minimum absolute atomic E-state index is 0.243. The summed E-state index contributed by atoms with van der Waals surface area (Å²) in [7, 11) is 1.26. The van der Waals surface area contributed by atoms with Crippen molar-refractivity contribution in [3.8, 4) is 0 Å². The fourth-order valence-corrected chi connectivity index (χ4v) is 1.08. The molecule has 0 heterocycles. The highest BCUT2D eigenvalue weighted by Gasteiger charge is 2.05. The van der Waals surface area contributed by atoms with Gasteiger partial charge >= 0.3 is 12.1 Å². The predicted molar refractivity (Wildman–Crippen MR) is 61.7 cm³/mol. The molecule has 1 aromatic rings. The Morgan fingerprint density at radius 1 is 1.29 bits per heavy atom. The molecule has 7 nitrogen and oxygen atoms in total. The first kappa shape index (κ1) is 12.8. The Kier molecular flexibility index (Phi) is 4.77.